The number of carbonyl (C=O) groups excluding carboxylic acids is 2. The highest BCUT2D eigenvalue weighted by Gasteiger charge is 2.42. The second kappa shape index (κ2) is 16.5. The monoisotopic (exact) mass is 640 g/mol. The van der Waals surface area contributed by atoms with Gasteiger partial charge in [0.05, 0.1) is 11.6 Å². The number of anilines is 1. The standard InChI is InChI=1S/C39H52N4O2S/c1-4-6-7-8-9-10-16-33-34-22-19-31(27-35(34)43-25-13-14-26-46-29(3)40-28-36(33)43)37(44)42-39(23-11-12-24-39)38(45)41-32-20-17-30(15-5-2)18-21-32/h5,15,17-22,27H,4,6-14,16,23-26,28H2,1-3H3,(H,41,45)(H,42,44)/b15-5+,40-29?. The van der Waals surface area contributed by atoms with E-state index in [0.29, 0.717) is 24.9 Å². The molecule has 1 aromatic heterocycles. The van der Waals surface area contributed by atoms with Crippen LogP contribution in [0.4, 0.5) is 5.69 Å². The fourth-order valence-corrected chi connectivity index (χ4v) is 7.83. The lowest BCUT2D eigenvalue weighted by Gasteiger charge is -2.29. The van der Waals surface area contributed by atoms with Gasteiger partial charge in [0, 0.05) is 34.4 Å². The maximum absolute atomic E-state index is 13.9. The highest BCUT2D eigenvalue weighted by atomic mass is 32.2. The molecule has 0 radical (unpaired) electrons. The number of thioether (sulfide) groups is 1. The quantitative estimate of drug-likeness (QED) is 0.194. The first-order valence-corrected chi connectivity index (χ1v) is 18.6. The number of allylic oxidation sites excluding steroid dienone is 1. The molecule has 0 spiro atoms. The zero-order valence-corrected chi connectivity index (χ0v) is 28.9. The maximum atomic E-state index is 13.9. The lowest BCUT2D eigenvalue weighted by Crippen LogP contribution is -2.55. The van der Waals surface area contributed by atoms with Crippen LogP contribution < -0.4 is 10.6 Å². The first-order chi connectivity index (χ1) is 22.4. The van der Waals surface area contributed by atoms with Gasteiger partial charge in [-0.05, 0) is 93.5 Å². The number of hydrogen-bond acceptors (Lipinski definition) is 4. The molecule has 1 fully saturated rings. The summed E-state index contributed by atoms with van der Waals surface area (Å²) in [5, 5.41) is 8.71. The molecule has 2 heterocycles. The normalized spacial score (nSPS) is 16.7. The van der Waals surface area contributed by atoms with Crippen molar-refractivity contribution in [2.75, 3.05) is 11.1 Å². The molecule has 3 aromatic rings. The van der Waals surface area contributed by atoms with Gasteiger partial charge in [0.2, 0.25) is 5.91 Å². The number of nitrogens with zero attached hydrogens (tertiary/aromatic N) is 2. The van der Waals surface area contributed by atoms with E-state index in [1.54, 1.807) is 0 Å². The molecule has 1 saturated carbocycles. The van der Waals surface area contributed by atoms with Crippen molar-refractivity contribution in [2.24, 2.45) is 4.99 Å². The third-order valence-electron chi connectivity index (χ3n) is 9.64. The molecular weight excluding hydrogens is 589 g/mol. The number of hydrogen-bond donors (Lipinski definition) is 2. The SMILES string of the molecule is C/C=C/c1ccc(NC(=O)C2(NC(=O)c3ccc4c(CCCCCCCC)c5n(c4c3)CCCCSC(C)=NC5)CCCC2)cc1. The van der Waals surface area contributed by atoms with E-state index in [1.807, 2.05) is 61.2 Å². The largest absolute Gasteiger partial charge is 0.343 e. The second-order valence-electron chi connectivity index (χ2n) is 13.0. The van der Waals surface area contributed by atoms with Crippen molar-refractivity contribution in [3.63, 3.8) is 0 Å². The maximum Gasteiger partial charge on any atom is 0.252 e. The molecule has 2 aliphatic rings. The molecule has 5 rings (SSSR count). The van der Waals surface area contributed by atoms with Crippen molar-refractivity contribution >= 4 is 51.3 Å². The van der Waals surface area contributed by atoms with Gasteiger partial charge in [0.25, 0.3) is 5.91 Å². The average Bonchev–Trinajstić information content (AvgIpc) is 3.65. The molecule has 246 valence electrons. The summed E-state index contributed by atoms with van der Waals surface area (Å²) >= 11 is 1.87. The van der Waals surface area contributed by atoms with Gasteiger partial charge in [0.15, 0.2) is 0 Å². The first kappa shape index (κ1) is 34.0. The molecule has 2 aromatic carbocycles. The van der Waals surface area contributed by atoms with Crippen molar-refractivity contribution in [1.82, 2.24) is 9.88 Å². The van der Waals surface area contributed by atoms with E-state index in [-0.39, 0.29) is 11.8 Å². The van der Waals surface area contributed by atoms with Crippen LogP contribution in [-0.2, 0) is 24.3 Å². The minimum Gasteiger partial charge on any atom is -0.343 e. The summed E-state index contributed by atoms with van der Waals surface area (Å²) in [7, 11) is 0. The summed E-state index contributed by atoms with van der Waals surface area (Å²) in [4.78, 5) is 32.6. The molecule has 7 heteroatoms. The van der Waals surface area contributed by atoms with Crippen LogP contribution in [-0.4, -0.2) is 32.7 Å². The predicted molar refractivity (Wildman–Crippen MR) is 196 cm³/mol. The second-order valence-corrected chi connectivity index (χ2v) is 14.3. The zero-order chi connectivity index (χ0) is 32.4. The van der Waals surface area contributed by atoms with Crippen molar-refractivity contribution in [3.8, 4) is 0 Å². The molecule has 0 unspecified atom stereocenters. The van der Waals surface area contributed by atoms with Crippen LogP contribution in [0, 0.1) is 0 Å². The van der Waals surface area contributed by atoms with E-state index < -0.39 is 5.54 Å². The lowest BCUT2D eigenvalue weighted by molar-refractivity contribution is -0.122. The van der Waals surface area contributed by atoms with Crippen LogP contribution in [0.5, 0.6) is 0 Å². The summed E-state index contributed by atoms with van der Waals surface area (Å²) < 4.78 is 2.45. The molecule has 0 atom stereocenters. The number of amides is 2. The van der Waals surface area contributed by atoms with Crippen LogP contribution in [0.15, 0.2) is 53.5 Å². The molecule has 1 aliphatic heterocycles. The smallest absolute Gasteiger partial charge is 0.252 e. The van der Waals surface area contributed by atoms with Crippen molar-refractivity contribution in [3.05, 3.63) is 70.9 Å². The van der Waals surface area contributed by atoms with Crippen molar-refractivity contribution in [2.45, 2.75) is 123 Å². The van der Waals surface area contributed by atoms with Gasteiger partial charge in [-0.3, -0.25) is 14.6 Å². The Morgan fingerprint density at radius 3 is 2.50 bits per heavy atom. The third-order valence-corrected chi connectivity index (χ3v) is 10.7. The fraction of sp³-hybridized carbons (Fsp3) is 0.513. The van der Waals surface area contributed by atoms with Gasteiger partial charge in [-0.15, -0.1) is 11.8 Å². The molecule has 46 heavy (non-hydrogen) atoms. The summed E-state index contributed by atoms with van der Waals surface area (Å²) in [5.74, 6) is 0.776. The Morgan fingerprint density at radius 2 is 1.74 bits per heavy atom. The minimum absolute atomic E-state index is 0.134. The molecule has 6 nitrogen and oxygen atoms in total. The Kier molecular flexibility index (Phi) is 12.2. The number of nitrogens with one attached hydrogen (secondary N) is 2. The molecular formula is C39H52N4O2S. The highest BCUT2D eigenvalue weighted by Crippen LogP contribution is 2.34. The van der Waals surface area contributed by atoms with Gasteiger partial charge < -0.3 is 15.2 Å². The number of rotatable bonds is 12. The number of aromatic nitrogens is 1. The number of carbonyl (C=O) groups is 2. The summed E-state index contributed by atoms with van der Waals surface area (Å²) in [6.45, 7) is 7.99. The van der Waals surface area contributed by atoms with Gasteiger partial charge in [-0.25, -0.2) is 0 Å². The number of aryl methyl sites for hydroxylation is 2. The van der Waals surface area contributed by atoms with Crippen LogP contribution >= 0.6 is 11.8 Å². The number of unbranched alkanes of at least 4 members (excludes halogenated alkanes) is 5. The number of benzene rings is 2. The van der Waals surface area contributed by atoms with Crippen LogP contribution in [0.2, 0.25) is 0 Å². The van der Waals surface area contributed by atoms with E-state index in [9.17, 15) is 9.59 Å². The molecule has 0 bridgehead atoms. The van der Waals surface area contributed by atoms with E-state index in [2.05, 4.69) is 41.2 Å². The van der Waals surface area contributed by atoms with E-state index >= 15 is 0 Å². The predicted octanol–water partition coefficient (Wildman–Crippen LogP) is 9.70. The molecule has 0 saturated heterocycles. The van der Waals surface area contributed by atoms with E-state index in [4.69, 9.17) is 4.99 Å². The molecule has 2 amide bonds. The van der Waals surface area contributed by atoms with Crippen molar-refractivity contribution < 1.29 is 9.59 Å². The highest BCUT2D eigenvalue weighted by molar-refractivity contribution is 8.13. The number of aliphatic imine (C=N–C) groups is 1. The van der Waals surface area contributed by atoms with Crippen LogP contribution in [0.25, 0.3) is 17.0 Å². The fourth-order valence-electron chi connectivity index (χ4n) is 7.03. The van der Waals surface area contributed by atoms with Crippen molar-refractivity contribution in [1.29, 1.82) is 0 Å². The first-order valence-electron chi connectivity index (χ1n) is 17.6. The zero-order valence-electron chi connectivity index (χ0n) is 28.1. The summed E-state index contributed by atoms with van der Waals surface area (Å²) in [6, 6.07) is 14.0. The molecule has 2 N–H and O–H groups in total. The molecule has 1 aliphatic carbocycles. The Bertz CT molecular complexity index is 1550. The Balaban J connectivity index is 1.40. The summed E-state index contributed by atoms with van der Waals surface area (Å²) in [6.07, 6.45) is 18.0. The summed E-state index contributed by atoms with van der Waals surface area (Å²) in [5.41, 5.74) is 5.35. The topological polar surface area (TPSA) is 75.5 Å². The minimum atomic E-state index is -0.912. The lowest BCUT2D eigenvalue weighted by atomic mass is 9.95. The average molecular weight is 641 g/mol. The van der Waals surface area contributed by atoms with Crippen LogP contribution in [0.1, 0.15) is 125 Å². The van der Waals surface area contributed by atoms with Crippen LogP contribution in [0.3, 0.4) is 0 Å². The van der Waals surface area contributed by atoms with Gasteiger partial charge in [0.1, 0.15) is 5.54 Å². The Labute approximate surface area is 279 Å². The number of fused-ring (bicyclic) bond motifs is 3. The van der Waals surface area contributed by atoms with Gasteiger partial charge >= 0.3 is 0 Å². The Morgan fingerprint density at radius 1 is 0.978 bits per heavy atom. The van der Waals surface area contributed by atoms with Gasteiger partial charge in [-0.1, -0.05) is 82.2 Å². The van der Waals surface area contributed by atoms with Gasteiger partial charge in [-0.2, -0.15) is 0 Å². The Hall–Kier alpha value is -3.32. The van der Waals surface area contributed by atoms with E-state index in [1.165, 1.54) is 55.2 Å². The third kappa shape index (κ3) is 8.33. The van der Waals surface area contributed by atoms with E-state index in [0.717, 1.165) is 66.2 Å².